The van der Waals surface area contributed by atoms with E-state index in [0.29, 0.717) is 6.04 Å². The number of ether oxygens (including phenoxy) is 2. The molecule has 2 heterocycles. The summed E-state index contributed by atoms with van der Waals surface area (Å²) in [6, 6.07) is 11.2. The molecule has 1 aliphatic heterocycles. The van der Waals surface area contributed by atoms with Crippen LogP contribution in [0.5, 0.6) is 11.5 Å². The molecule has 0 spiro atoms. The zero-order valence-electron chi connectivity index (χ0n) is 15.4. The molecular weight excluding hydrogens is 377 g/mol. The maximum Gasteiger partial charge on any atom is 0.573 e. The number of aromatic nitrogens is 1. The summed E-state index contributed by atoms with van der Waals surface area (Å²) in [5.41, 5.74) is 1.03. The quantitative estimate of drug-likeness (QED) is 0.687. The van der Waals surface area contributed by atoms with Crippen LogP contribution in [0.3, 0.4) is 0 Å². The molecule has 27 heavy (non-hydrogen) atoms. The molecule has 0 aliphatic carbocycles. The van der Waals surface area contributed by atoms with E-state index in [2.05, 4.69) is 35.2 Å². The van der Waals surface area contributed by atoms with Crippen molar-refractivity contribution in [3.63, 3.8) is 0 Å². The number of pyridine rings is 1. The maximum atomic E-state index is 11.5. The summed E-state index contributed by atoms with van der Waals surface area (Å²) < 4.78 is 47.4. The first-order valence-corrected chi connectivity index (χ1v) is 9.28. The van der Waals surface area contributed by atoms with E-state index in [4.69, 9.17) is 4.74 Å². The van der Waals surface area contributed by atoms with Crippen LogP contribution in [0.1, 0.15) is 38.9 Å². The smallest absolute Gasteiger partial charge is 0.492 e. The van der Waals surface area contributed by atoms with Gasteiger partial charge in [0.05, 0.1) is 12.6 Å². The Balaban J connectivity index is 0.000000208. The second kappa shape index (κ2) is 9.32. The highest BCUT2D eigenvalue weighted by Gasteiger charge is 2.30. The van der Waals surface area contributed by atoms with Crippen LogP contribution in [0.4, 0.5) is 13.2 Å². The third kappa shape index (κ3) is 8.09. The molecular formula is C19H23F3N2O2S. The molecule has 0 amide bonds. The van der Waals surface area contributed by atoms with Crippen molar-refractivity contribution in [2.75, 3.05) is 6.61 Å². The highest BCUT2D eigenvalue weighted by Crippen LogP contribution is 2.33. The Morgan fingerprint density at radius 2 is 1.81 bits per heavy atom. The molecule has 1 N–H and O–H groups in total. The van der Waals surface area contributed by atoms with Crippen molar-refractivity contribution in [2.45, 2.75) is 44.3 Å². The van der Waals surface area contributed by atoms with Crippen LogP contribution in [0, 0.1) is 0 Å². The average Bonchev–Trinajstić information content (AvgIpc) is 2.59. The summed E-state index contributed by atoms with van der Waals surface area (Å²) in [4.78, 5) is 4.40. The van der Waals surface area contributed by atoms with E-state index in [1.165, 1.54) is 24.3 Å². The van der Waals surface area contributed by atoms with Crippen molar-refractivity contribution in [3.05, 3.63) is 54.4 Å². The van der Waals surface area contributed by atoms with E-state index in [-0.39, 0.29) is 10.5 Å². The first-order valence-electron chi connectivity index (χ1n) is 8.46. The first kappa shape index (κ1) is 21.4. The average molecular weight is 400 g/mol. The number of benzene rings is 1. The first-order chi connectivity index (χ1) is 12.6. The molecule has 1 aromatic heterocycles. The number of fused-ring (bicyclic) bond motifs is 1. The van der Waals surface area contributed by atoms with Crippen LogP contribution >= 0.6 is 11.9 Å². The normalized spacial score (nSPS) is 16.4. The van der Waals surface area contributed by atoms with Crippen molar-refractivity contribution < 1.29 is 22.6 Å². The van der Waals surface area contributed by atoms with Crippen LogP contribution in [-0.4, -0.2) is 22.7 Å². The van der Waals surface area contributed by atoms with Crippen LogP contribution in [0.15, 0.2) is 48.7 Å². The fraction of sp³-hybridized carbons (Fsp3) is 0.421. The van der Waals surface area contributed by atoms with Gasteiger partial charge in [0.25, 0.3) is 0 Å². The van der Waals surface area contributed by atoms with Crippen molar-refractivity contribution >= 4 is 11.9 Å². The Bertz CT molecular complexity index is 706. The van der Waals surface area contributed by atoms with Gasteiger partial charge in [0.1, 0.15) is 17.2 Å². The van der Waals surface area contributed by atoms with E-state index >= 15 is 0 Å². The lowest BCUT2D eigenvalue weighted by atomic mass is 10.1. The summed E-state index contributed by atoms with van der Waals surface area (Å²) in [6.45, 7) is 7.36. The van der Waals surface area contributed by atoms with Gasteiger partial charge in [-0.15, -0.1) is 13.2 Å². The maximum absolute atomic E-state index is 11.5. The molecule has 8 heteroatoms. The number of alkyl halides is 3. The number of hydrogen-bond donors (Lipinski definition) is 1. The molecule has 3 rings (SSSR count). The summed E-state index contributed by atoms with van der Waals surface area (Å²) in [6.07, 6.45) is -1.79. The zero-order valence-corrected chi connectivity index (χ0v) is 16.2. The van der Waals surface area contributed by atoms with Crippen molar-refractivity contribution in [1.82, 2.24) is 9.71 Å². The Morgan fingerprint density at radius 1 is 1.11 bits per heavy atom. The topological polar surface area (TPSA) is 43.4 Å². The summed E-state index contributed by atoms with van der Waals surface area (Å²) in [5, 5.41) is 0. The number of nitrogens with one attached hydrogen (secondary N) is 1. The Hall–Kier alpha value is -1.93. The van der Waals surface area contributed by atoms with Crippen LogP contribution in [0.25, 0.3) is 0 Å². The van der Waals surface area contributed by atoms with Gasteiger partial charge < -0.3 is 9.47 Å². The predicted molar refractivity (Wildman–Crippen MR) is 101 cm³/mol. The fourth-order valence-corrected chi connectivity index (χ4v) is 2.92. The number of halogens is 3. The van der Waals surface area contributed by atoms with Gasteiger partial charge in [0.15, 0.2) is 0 Å². The van der Waals surface area contributed by atoms with Gasteiger partial charge in [-0.1, -0.05) is 30.1 Å². The van der Waals surface area contributed by atoms with Gasteiger partial charge in [-0.05, 0) is 45.0 Å². The highest BCUT2D eigenvalue weighted by atomic mass is 32.2. The zero-order chi connectivity index (χ0) is 19.9. The summed E-state index contributed by atoms with van der Waals surface area (Å²) in [5.74, 6) is 0.723. The minimum absolute atomic E-state index is 0.194. The molecule has 1 aliphatic rings. The molecule has 0 fully saturated rings. The van der Waals surface area contributed by atoms with E-state index in [9.17, 15) is 13.2 Å². The predicted octanol–water partition coefficient (Wildman–Crippen LogP) is 5.53. The van der Waals surface area contributed by atoms with Crippen molar-refractivity contribution in [3.8, 4) is 11.5 Å². The number of nitrogens with zero attached hydrogens (tertiary/aromatic N) is 1. The van der Waals surface area contributed by atoms with Gasteiger partial charge >= 0.3 is 6.36 Å². The van der Waals surface area contributed by atoms with Crippen LogP contribution in [-0.2, 0) is 0 Å². The lowest BCUT2D eigenvalue weighted by Crippen LogP contribution is -2.27. The molecule has 1 aromatic carbocycles. The molecule has 2 aromatic rings. The fourth-order valence-electron chi connectivity index (χ4n) is 2.19. The molecule has 148 valence electrons. The number of para-hydroxylation sites is 1. The monoisotopic (exact) mass is 400 g/mol. The lowest BCUT2D eigenvalue weighted by molar-refractivity contribution is -0.274. The van der Waals surface area contributed by atoms with E-state index < -0.39 is 6.36 Å². The Labute approximate surface area is 161 Å². The van der Waals surface area contributed by atoms with E-state index in [1.54, 1.807) is 18.0 Å². The number of rotatable bonds is 3. The molecule has 0 radical (unpaired) electrons. The van der Waals surface area contributed by atoms with E-state index in [1.807, 2.05) is 18.3 Å². The minimum atomic E-state index is -4.60. The second-order valence-corrected chi connectivity index (χ2v) is 8.43. The third-order valence-corrected chi connectivity index (χ3v) is 4.29. The molecule has 0 saturated carbocycles. The molecule has 0 bridgehead atoms. The van der Waals surface area contributed by atoms with Crippen molar-refractivity contribution in [1.29, 1.82) is 0 Å². The van der Waals surface area contributed by atoms with Gasteiger partial charge in [-0.25, -0.2) is 0 Å². The Kier molecular flexibility index (Phi) is 7.38. The van der Waals surface area contributed by atoms with Gasteiger partial charge in [0.2, 0.25) is 0 Å². The van der Waals surface area contributed by atoms with Crippen LogP contribution in [0.2, 0.25) is 0 Å². The number of hydrogen-bond acceptors (Lipinski definition) is 5. The SMILES string of the molecule is CC(C)(C)SNC1CCOc2cccnc21.FC(F)(F)Oc1ccccc1. The lowest BCUT2D eigenvalue weighted by Gasteiger charge is -2.28. The van der Waals surface area contributed by atoms with Gasteiger partial charge in [0, 0.05) is 17.4 Å². The third-order valence-electron chi connectivity index (χ3n) is 3.28. The minimum Gasteiger partial charge on any atom is -0.492 e. The van der Waals surface area contributed by atoms with Crippen LogP contribution < -0.4 is 14.2 Å². The van der Waals surface area contributed by atoms with E-state index in [0.717, 1.165) is 24.5 Å². The highest BCUT2D eigenvalue weighted by molar-refractivity contribution is 7.98. The molecule has 1 atom stereocenters. The largest absolute Gasteiger partial charge is 0.573 e. The van der Waals surface area contributed by atoms with Crippen molar-refractivity contribution in [2.24, 2.45) is 0 Å². The molecule has 4 nitrogen and oxygen atoms in total. The standard InChI is InChI=1S/C12H18N2OS.C7H5F3O/c1-12(2,3)16-14-9-6-8-15-10-5-4-7-13-11(9)10;8-7(9,10)11-6-4-2-1-3-5-6/h4-5,7,9,14H,6,8H2,1-3H3;1-5H. The molecule has 1 unspecified atom stereocenters. The molecule has 0 saturated heterocycles. The second-order valence-electron chi connectivity index (χ2n) is 6.77. The summed E-state index contributed by atoms with van der Waals surface area (Å²) in [7, 11) is 0. The van der Waals surface area contributed by atoms with Gasteiger partial charge in [-0.2, -0.15) is 0 Å². The van der Waals surface area contributed by atoms with Gasteiger partial charge in [-0.3, -0.25) is 9.71 Å². The Morgan fingerprint density at radius 3 is 2.44 bits per heavy atom. The summed E-state index contributed by atoms with van der Waals surface area (Å²) >= 11 is 1.76.